The molecule has 0 unspecified atom stereocenters. The van der Waals surface area contributed by atoms with Gasteiger partial charge >= 0.3 is 0 Å². The van der Waals surface area contributed by atoms with Crippen molar-refractivity contribution in [3.8, 4) is 11.5 Å². The molecule has 0 spiro atoms. The molecular formula is C18H16N2O3S2. The van der Waals surface area contributed by atoms with E-state index in [1.807, 2.05) is 42.5 Å². The lowest BCUT2D eigenvalue weighted by molar-refractivity contribution is -0.115. The van der Waals surface area contributed by atoms with Crippen LogP contribution in [0.1, 0.15) is 10.9 Å². The van der Waals surface area contributed by atoms with E-state index in [1.165, 1.54) is 11.3 Å². The molecule has 2 aromatic carbocycles. The van der Waals surface area contributed by atoms with Crippen LogP contribution in [0.5, 0.6) is 11.5 Å². The number of rotatable bonds is 4. The summed E-state index contributed by atoms with van der Waals surface area (Å²) in [7, 11) is 3.29. The van der Waals surface area contributed by atoms with E-state index < -0.39 is 0 Å². The summed E-state index contributed by atoms with van der Waals surface area (Å²) in [6.07, 6.45) is 0. The van der Waals surface area contributed by atoms with Gasteiger partial charge in [-0.1, -0.05) is 23.5 Å². The van der Waals surface area contributed by atoms with Gasteiger partial charge < -0.3 is 9.47 Å². The molecule has 5 nitrogen and oxygen atoms in total. The molecule has 0 N–H and O–H groups in total. The lowest BCUT2D eigenvalue weighted by Crippen LogP contribution is -2.27. The number of anilines is 1. The Morgan fingerprint density at radius 3 is 2.52 bits per heavy atom. The first-order valence-corrected chi connectivity index (χ1v) is 9.58. The molecule has 7 heteroatoms. The Labute approximate surface area is 153 Å². The van der Waals surface area contributed by atoms with Crippen molar-refractivity contribution in [2.45, 2.75) is 5.37 Å². The van der Waals surface area contributed by atoms with Crippen LogP contribution in [0.15, 0.2) is 42.5 Å². The Morgan fingerprint density at radius 1 is 1.08 bits per heavy atom. The van der Waals surface area contributed by atoms with Crippen LogP contribution in [0, 0.1) is 0 Å². The molecular weight excluding hydrogens is 356 g/mol. The molecule has 0 bridgehead atoms. The number of carbonyl (C=O) groups is 1. The summed E-state index contributed by atoms with van der Waals surface area (Å²) in [4.78, 5) is 19.0. The Morgan fingerprint density at radius 2 is 1.80 bits per heavy atom. The van der Waals surface area contributed by atoms with Gasteiger partial charge in [0.25, 0.3) is 0 Å². The average Bonchev–Trinajstić information content (AvgIpc) is 3.23. The van der Waals surface area contributed by atoms with Gasteiger partial charge in [0.15, 0.2) is 5.13 Å². The topological polar surface area (TPSA) is 51.7 Å². The second kappa shape index (κ2) is 6.57. The van der Waals surface area contributed by atoms with E-state index in [4.69, 9.17) is 9.47 Å². The van der Waals surface area contributed by atoms with E-state index in [0.29, 0.717) is 5.75 Å². The van der Waals surface area contributed by atoms with E-state index in [0.717, 1.165) is 32.4 Å². The van der Waals surface area contributed by atoms with Crippen molar-refractivity contribution in [2.75, 3.05) is 24.9 Å². The smallest absolute Gasteiger partial charge is 0.240 e. The Balaban J connectivity index is 1.71. The van der Waals surface area contributed by atoms with Crippen molar-refractivity contribution in [2.24, 2.45) is 0 Å². The summed E-state index contributed by atoms with van der Waals surface area (Å²) in [6, 6.07) is 13.6. The number of methoxy groups -OCH3 is 2. The molecule has 0 aliphatic carbocycles. The number of amides is 1. The van der Waals surface area contributed by atoms with Crippen LogP contribution in [-0.2, 0) is 4.79 Å². The van der Waals surface area contributed by atoms with Gasteiger partial charge in [-0.2, -0.15) is 0 Å². The molecule has 4 rings (SSSR count). The lowest BCUT2D eigenvalue weighted by atomic mass is 10.2. The van der Waals surface area contributed by atoms with Gasteiger partial charge in [-0.05, 0) is 35.9 Å². The summed E-state index contributed by atoms with van der Waals surface area (Å²) < 4.78 is 11.5. The van der Waals surface area contributed by atoms with Crippen LogP contribution < -0.4 is 14.4 Å². The molecule has 128 valence electrons. The maximum atomic E-state index is 12.5. The van der Waals surface area contributed by atoms with Crippen LogP contribution in [-0.4, -0.2) is 30.9 Å². The number of aromatic nitrogens is 1. The summed E-state index contributed by atoms with van der Waals surface area (Å²) >= 11 is 3.12. The zero-order valence-corrected chi connectivity index (χ0v) is 15.4. The molecule has 1 fully saturated rings. The number of carbonyl (C=O) groups excluding carboxylic acids is 1. The van der Waals surface area contributed by atoms with Crippen LogP contribution in [0.25, 0.3) is 10.2 Å². The molecule has 3 aromatic rings. The Kier molecular flexibility index (Phi) is 4.27. The number of benzene rings is 2. The molecule has 1 atom stereocenters. The minimum absolute atomic E-state index is 0.0686. The molecule has 1 aromatic heterocycles. The van der Waals surface area contributed by atoms with Gasteiger partial charge in [0.05, 0.1) is 30.2 Å². The third-order valence-corrected chi connectivity index (χ3v) is 6.29. The summed E-state index contributed by atoms with van der Waals surface area (Å²) in [5.74, 6) is 2.13. The third kappa shape index (κ3) is 2.94. The minimum Gasteiger partial charge on any atom is -0.497 e. The van der Waals surface area contributed by atoms with Gasteiger partial charge in [-0.3, -0.25) is 9.69 Å². The predicted molar refractivity (Wildman–Crippen MR) is 102 cm³/mol. The van der Waals surface area contributed by atoms with Gasteiger partial charge in [-0.25, -0.2) is 4.98 Å². The highest BCUT2D eigenvalue weighted by Gasteiger charge is 2.36. The van der Waals surface area contributed by atoms with Gasteiger partial charge in [0.1, 0.15) is 16.9 Å². The SMILES string of the molecule is COc1ccc([C@H]2SCC(=O)N2c2nc3ccc(OC)cc3s2)cc1. The van der Waals surface area contributed by atoms with Gasteiger partial charge in [-0.15, -0.1) is 11.8 Å². The Bertz CT molecular complexity index is 924. The second-order valence-electron chi connectivity index (χ2n) is 5.53. The molecule has 1 saturated heterocycles. The molecule has 2 heterocycles. The standard InChI is InChI=1S/C18H16N2O3S2/c1-22-12-5-3-11(4-6-12)17-20(16(21)10-24-17)18-19-14-8-7-13(23-2)9-15(14)25-18/h3-9,17H,10H2,1-2H3/t17-/m1/s1. The number of hydrogen-bond donors (Lipinski definition) is 0. The number of thiazole rings is 1. The van der Waals surface area contributed by atoms with E-state index in [1.54, 1.807) is 30.9 Å². The highest BCUT2D eigenvalue weighted by Crippen LogP contribution is 2.44. The summed E-state index contributed by atoms with van der Waals surface area (Å²) in [5, 5.41) is 0.653. The molecule has 1 aliphatic heterocycles. The maximum absolute atomic E-state index is 12.5. The van der Waals surface area contributed by atoms with E-state index in [9.17, 15) is 4.79 Å². The number of nitrogens with zero attached hydrogens (tertiary/aromatic N) is 2. The number of ether oxygens (including phenoxy) is 2. The van der Waals surface area contributed by atoms with Gasteiger partial charge in [0.2, 0.25) is 5.91 Å². The number of fused-ring (bicyclic) bond motifs is 1. The maximum Gasteiger partial charge on any atom is 0.240 e. The quantitative estimate of drug-likeness (QED) is 0.690. The van der Waals surface area contributed by atoms with E-state index in [2.05, 4.69) is 4.98 Å². The molecule has 1 amide bonds. The zero-order valence-electron chi connectivity index (χ0n) is 13.8. The molecule has 0 saturated carbocycles. The minimum atomic E-state index is -0.0686. The van der Waals surface area contributed by atoms with Crippen molar-refractivity contribution in [1.82, 2.24) is 4.98 Å². The Hall–Kier alpha value is -2.25. The first kappa shape index (κ1) is 16.2. The van der Waals surface area contributed by atoms with Crippen LogP contribution in [0.3, 0.4) is 0 Å². The van der Waals surface area contributed by atoms with Crippen molar-refractivity contribution >= 4 is 44.4 Å². The van der Waals surface area contributed by atoms with Crippen molar-refractivity contribution < 1.29 is 14.3 Å². The van der Waals surface area contributed by atoms with Crippen LogP contribution >= 0.6 is 23.1 Å². The zero-order chi connectivity index (χ0) is 17.4. The third-order valence-electron chi connectivity index (χ3n) is 4.06. The monoisotopic (exact) mass is 372 g/mol. The second-order valence-corrected chi connectivity index (χ2v) is 7.61. The highest BCUT2D eigenvalue weighted by atomic mass is 32.2. The lowest BCUT2D eigenvalue weighted by Gasteiger charge is -2.21. The fourth-order valence-electron chi connectivity index (χ4n) is 2.77. The largest absolute Gasteiger partial charge is 0.497 e. The van der Waals surface area contributed by atoms with Crippen LogP contribution in [0.4, 0.5) is 5.13 Å². The number of hydrogen-bond acceptors (Lipinski definition) is 6. The molecule has 0 radical (unpaired) electrons. The van der Waals surface area contributed by atoms with E-state index in [-0.39, 0.29) is 11.3 Å². The predicted octanol–water partition coefficient (Wildman–Crippen LogP) is 4.09. The molecule has 25 heavy (non-hydrogen) atoms. The summed E-state index contributed by atoms with van der Waals surface area (Å²) in [6.45, 7) is 0. The fourth-order valence-corrected chi connectivity index (χ4v) is 5.03. The summed E-state index contributed by atoms with van der Waals surface area (Å²) in [5.41, 5.74) is 1.94. The van der Waals surface area contributed by atoms with Crippen molar-refractivity contribution in [1.29, 1.82) is 0 Å². The molecule has 1 aliphatic rings. The first-order chi connectivity index (χ1) is 12.2. The normalized spacial score (nSPS) is 17.3. The number of thioether (sulfide) groups is 1. The average molecular weight is 372 g/mol. The first-order valence-electron chi connectivity index (χ1n) is 7.72. The van der Waals surface area contributed by atoms with E-state index >= 15 is 0 Å². The van der Waals surface area contributed by atoms with Crippen molar-refractivity contribution in [3.05, 3.63) is 48.0 Å². The van der Waals surface area contributed by atoms with Crippen LogP contribution in [0.2, 0.25) is 0 Å². The van der Waals surface area contributed by atoms with Gasteiger partial charge in [0, 0.05) is 0 Å². The van der Waals surface area contributed by atoms with Crippen molar-refractivity contribution in [3.63, 3.8) is 0 Å². The highest BCUT2D eigenvalue weighted by molar-refractivity contribution is 8.00. The fraction of sp³-hybridized carbons (Fsp3) is 0.222.